The van der Waals surface area contributed by atoms with E-state index in [0.29, 0.717) is 13.0 Å². The molecule has 6 heteroatoms. The van der Waals surface area contributed by atoms with Crippen LogP contribution in [0.1, 0.15) is 52.2 Å². The fourth-order valence-electron chi connectivity index (χ4n) is 2.79. The van der Waals surface area contributed by atoms with E-state index in [0.717, 1.165) is 41.2 Å². The number of carbonyl (C=O) groups is 3. The Morgan fingerprint density at radius 1 is 1.13 bits per heavy atom. The number of aryl methyl sites for hydroxylation is 2. The molecule has 126 valence electrons. The number of nitrogens with zero attached hydrogens (tertiary/aromatic N) is 1. The first-order valence-corrected chi connectivity index (χ1v) is 8.93. The summed E-state index contributed by atoms with van der Waals surface area (Å²) in [6.07, 6.45) is 2.86. The number of amides is 2. The zero-order valence-corrected chi connectivity index (χ0v) is 14.6. The Morgan fingerprint density at radius 2 is 1.83 bits per heavy atom. The molecule has 2 heterocycles. The van der Waals surface area contributed by atoms with Crippen LogP contribution < -0.4 is 5.32 Å². The van der Waals surface area contributed by atoms with E-state index < -0.39 is 0 Å². The lowest BCUT2D eigenvalue weighted by molar-refractivity contribution is -0.130. The van der Waals surface area contributed by atoms with Gasteiger partial charge in [0.05, 0.1) is 0 Å². The van der Waals surface area contributed by atoms with Crippen LogP contribution in [0.25, 0.3) is 0 Å². The van der Waals surface area contributed by atoms with Gasteiger partial charge in [0.25, 0.3) is 0 Å². The van der Waals surface area contributed by atoms with Crippen molar-refractivity contribution >= 4 is 28.9 Å². The quantitative estimate of drug-likeness (QED) is 0.778. The van der Waals surface area contributed by atoms with Gasteiger partial charge in [0.1, 0.15) is 0 Å². The van der Waals surface area contributed by atoms with Crippen LogP contribution in [0.2, 0.25) is 0 Å². The van der Waals surface area contributed by atoms with Crippen molar-refractivity contribution in [2.45, 2.75) is 46.0 Å². The molecule has 0 aliphatic carbocycles. The van der Waals surface area contributed by atoms with Crippen LogP contribution >= 0.6 is 11.3 Å². The minimum Gasteiger partial charge on any atom is -0.356 e. The van der Waals surface area contributed by atoms with Crippen molar-refractivity contribution in [1.82, 2.24) is 10.2 Å². The predicted molar refractivity (Wildman–Crippen MR) is 90.8 cm³/mol. The maximum atomic E-state index is 12.1. The van der Waals surface area contributed by atoms with Crippen LogP contribution in [0.5, 0.6) is 0 Å². The number of Topliss-reactive ketones (excluding diaryl/α,β-unsaturated/α-hetero) is 1. The molecule has 0 unspecified atom stereocenters. The van der Waals surface area contributed by atoms with E-state index in [1.165, 1.54) is 0 Å². The van der Waals surface area contributed by atoms with Crippen LogP contribution in [-0.2, 0) is 9.59 Å². The summed E-state index contributed by atoms with van der Waals surface area (Å²) >= 11 is 1.60. The summed E-state index contributed by atoms with van der Waals surface area (Å²) in [5.41, 5.74) is 0.726. The first kappa shape index (κ1) is 17.7. The summed E-state index contributed by atoms with van der Waals surface area (Å²) in [4.78, 5) is 39.7. The van der Waals surface area contributed by atoms with Crippen molar-refractivity contribution in [2.75, 3.05) is 19.6 Å². The third kappa shape index (κ3) is 5.16. The van der Waals surface area contributed by atoms with Crippen molar-refractivity contribution in [3.8, 4) is 0 Å². The molecule has 1 aromatic heterocycles. The molecule has 23 heavy (non-hydrogen) atoms. The lowest BCUT2D eigenvalue weighted by Crippen LogP contribution is -2.32. The molecular weight excluding hydrogens is 312 g/mol. The zero-order chi connectivity index (χ0) is 16.8. The molecule has 0 bridgehead atoms. The molecule has 1 aliphatic heterocycles. The second-order valence-corrected chi connectivity index (χ2v) is 7.40. The average Bonchev–Trinajstić information content (AvgIpc) is 3.14. The van der Waals surface area contributed by atoms with Gasteiger partial charge in [-0.15, -0.1) is 11.3 Å². The minimum absolute atomic E-state index is 0.00939. The highest BCUT2D eigenvalue weighted by molar-refractivity contribution is 7.12. The number of hydrogen-bond acceptors (Lipinski definition) is 4. The number of thiophene rings is 1. The molecule has 1 N–H and O–H groups in total. The molecule has 0 aromatic carbocycles. The molecule has 0 saturated carbocycles. The Hall–Kier alpha value is -1.69. The molecule has 2 rings (SSSR count). The largest absolute Gasteiger partial charge is 0.356 e. The fourth-order valence-corrected chi connectivity index (χ4v) is 3.73. The highest BCUT2D eigenvalue weighted by atomic mass is 32.1. The molecule has 0 radical (unpaired) electrons. The Balaban J connectivity index is 1.66. The average molecular weight is 336 g/mol. The molecule has 0 spiro atoms. The Bertz CT molecular complexity index is 589. The van der Waals surface area contributed by atoms with Crippen LogP contribution in [-0.4, -0.2) is 42.1 Å². The van der Waals surface area contributed by atoms with Crippen molar-refractivity contribution in [1.29, 1.82) is 0 Å². The lowest BCUT2D eigenvalue weighted by atomic mass is 10.1. The van der Waals surface area contributed by atoms with Gasteiger partial charge in [-0.2, -0.15) is 0 Å². The number of nitrogens with one attached hydrogen (secondary N) is 1. The molecule has 1 fully saturated rings. The zero-order valence-electron chi connectivity index (χ0n) is 13.8. The van der Waals surface area contributed by atoms with E-state index in [4.69, 9.17) is 0 Å². The van der Waals surface area contributed by atoms with Gasteiger partial charge in [0, 0.05) is 54.2 Å². The van der Waals surface area contributed by atoms with Crippen molar-refractivity contribution in [3.63, 3.8) is 0 Å². The molecule has 5 nitrogen and oxygen atoms in total. The van der Waals surface area contributed by atoms with Crippen molar-refractivity contribution in [2.24, 2.45) is 0 Å². The van der Waals surface area contributed by atoms with Gasteiger partial charge in [-0.25, -0.2) is 0 Å². The van der Waals surface area contributed by atoms with Gasteiger partial charge in [-0.05, 0) is 32.8 Å². The number of rotatable bonds is 7. The van der Waals surface area contributed by atoms with Gasteiger partial charge < -0.3 is 10.2 Å². The molecule has 1 aromatic rings. The Labute approximate surface area is 141 Å². The van der Waals surface area contributed by atoms with Gasteiger partial charge in [0.15, 0.2) is 5.78 Å². The summed E-state index contributed by atoms with van der Waals surface area (Å²) in [6.45, 7) is 5.91. The van der Waals surface area contributed by atoms with Crippen LogP contribution in [0.4, 0.5) is 0 Å². The van der Waals surface area contributed by atoms with E-state index in [-0.39, 0.29) is 30.4 Å². The Morgan fingerprint density at radius 3 is 2.43 bits per heavy atom. The predicted octanol–water partition coefficient (Wildman–Crippen LogP) is 2.46. The van der Waals surface area contributed by atoms with E-state index in [2.05, 4.69) is 5.32 Å². The van der Waals surface area contributed by atoms with Gasteiger partial charge in [-0.1, -0.05) is 0 Å². The Kier molecular flexibility index (Phi) is 6.33. The van der Waals surface area contributed by atoms with Gasteiger partial charge >= 0.3 is 0 Å². The number of carbonyl (C=O) groups excluding carboxylic acids is 3. The highest BCUT2D eigenvalue weighted by Gasteiger charge is 2.18. The fraction of sp³-hybridized carbons (Fsp3) is 0.588. The maximum absolute atomic E-state index is 12.1. The number of hydrogen-bond donors (Lipinski definition) is 1. The van der Waals surface area contributed by atoms with Crippen LogP contribution in [0, 0.1) is 13.8 Å². The second kappa shape index (κ2) is 8.24. The summed E-state index contributed by atoms with van der Waals surface area (Å²) < 4.78 is 0. The molecule has 0 atom stereocenters. The minimum atomic E-state index is -0.169. The smallest absolute Gasteiger partial charge is 0.224 e. The topological polar surface area (TPSA) is 66.5 Å². The third-order valence-corrected chi connectivity index (χ3v) is 5.01. The lowest BCUT2D eigenvalue weighted by Gasteiger charge is -2.15. The summed E-state index contributed by atoms with van der Waals surface area (Å²) in [7, 11) is 0. The van der Waals surface area contributed by atoms with Crippen LogP contribution in [0.15, 0.2) is 6.07 Å². The normalized spacial score (nSPS) is 14.1. The summed E-state index contributed by atoms with van der Waals surface area (Å²) in [6, 6.07) is 1.88. The second-order valence-electron chi connectivity index (χ2n) is 5.94. The van der Waals surface area contributed by atoms with Crippen molar-refractivity contribution < 1.29 is 14.4 Å². The van der Waals surface area contributed by atoms with E-state index >= 15 is 0 Å². The van der Waals surface area contributed by atoms with E-state index in [1.54, 1.807) is 11.3 Å². The molecule has 1 aliphatic rings. The first-order valence-electron chi connectivity index (χ1n) is 8.12. The molecule has 1 saturated heterocycles. The molecular formula is C17H24N2O3S. The summed E-state index contributed by atoms with van der Waals surface area (Å²) in [5.74, 6) is -0.0597. The van der Waals surface area contributed by atoms with E-state index in [9.17, 15) is 14.4 Å². The van der Waals surface area contributed by atoms with Crippen molar-refractivity contribution in [3.05, 3.63) is 21.4 Å². The van der Waals surface area contributed by atoms with Gasteiger partial charge in [0.2, 0.25) is 11.8 Å². The number of likely N-dealkylation sites (tertiary alicyclic amines) is 1. The maximum Gasteiger partial charge on any atom is 0.224 e. The SMILES string of the molecule is Cc1cc(C(=O)CCC(=O)NCCC(=O)N2CCCC2)c(C)s1. The standard InChI is InChI=1S/C17H24N2O3S/c1-12-11-14(13(2)23-12)15(20)5-6-16(21)18-8-7-17(22)19-9-3-4-10-19/h11H,3-10H2,1-2H3,(H,18,21). The third-order valence-electron chi connectivity index (χ3n) is 4.04. The van der Waals surface area contributed by atoms with E-state index in [1.807, 2.05) is 24.8 Å². The number of ketones is 1. The molecule has 2 amide bonds. The van der Waals surface area contributed by atoms with Crippen LogP contribution in [0.3, 0.4) is 0 Å². The van der Waals surface area contributed by atoms with Gasteiger partial charge in [-0.3, -0.25) is 14.4 Å². The first-order chi connectivity index (χ1) is 11.0. The summed E-state index contributed by atoms with van der Waals surface area (Å²) in [5, 5.41) is 2.73. The highest BCUT2D eigenvalue weighted by Crippen LogP contribution is 2.22. The monoisotopic (exact) mass is 336 g/mol.